The van der Waals surface area contributed by atoms with Crippen molar-refractivity contribution in [3.05, 3.63) is 54.1 Å². The van der Waals surface area contributed by atoms with Crippen LogP contribution in [-0.4, -0.2) is 40.3 Å². The second-order valence-corrected chi connectivity index (χ2v) is 7.69. The Labute approximate surface area is 185 Å². The number of rotatable bonds is 8. The van der Waals surface area contributed by atoms with Gasteiger partial charge in [-0.3, -0.25) is 4.99 Å². The molecule has 0 spiro atoms. The average Bonchev–Trinajstić information content (AvgIpc) is 3.15. The van der Waals surface area contributed by atoms with E-state index in [9.17, 15) is 5.11 Å². The molecule has 0 aliphatic heterocycles. The Kier molecular flexibility index (Phi) is 10.5. The van der Waals surface area contributed by atoms with E-state index in [-0.39, 0.29) is 29.4 Å². The summed E-state index contributed by atoms with van der Waals surface area (Å²) < 4.78 is 2.05. The highest BCUT2D eigenvalue weighted by Crippen LogP contribution is 2.24. The Morgan fingerprint density at radius 1 is 1.21 bits per heavy atom. The molecule has 0 bridgehead atoms. The van der Waals surface area contributed by atoms with E-state index >= 15 is 0 Å². The molecule has 6 nitrogen and oxygen atoms in total. The summed E-state index contributed by atoms with van der Waals surface area (Å²) in [6, 6.07) is 8.15. The molecule has 1 atom stereocenters. The highest BCUT2D eigenvalue weighted by Gasteiger charge is 2.14. The fourth-order valence-corrected chi connectivity index (χ4v) is 2.72. The van der Waals surface area contributed by atoms with E-state index in [2.05, 4.69) is 58.1 Å². The second kappa shape index (κ2) is 12.1. The van der Waals surface area contributed by atoms with Crippen LogP contribution in [0.25, 0.3) is 0 Å². The number of aliphatic imine (C=N–C) groups is 1. The quantitative estimate of drug-likeness (QED) is 0.225. The summed E-state index contributed by atoms with van der Waals surface area (Å²) in [5, 5.41) is 17.0. The minimum Gasteiger partial charge on any atom is -0.386 e. The van der Waals surface area contributed by atoms with Crippen LogP contribution in [0.1, 0.15) is 51.3 Å². The number of nitrogens with one attached hydrogen (secondary N) is 2. The van der Waals surface area contributed by atoms with E-state index < -0.39 is 6.10 Å². The molecule has 2 aromatic rings. The maximum atomic E-state index is 10.5. The van der Waals surface area contributed by atoms with Crippen LogP contribution in [0.4, 0.5) is 0 Å². The third-order valence-corrected chi connectivity index (χ3v) is 4.37. The van der Waals surface area contributed by atoms with Gasteiger partial charge in [-0.05, 0) is 29.9 Å². The first-order chi connectivity index (χ1) is 12.9. The topological polar surface area (TPSA) is 74.5 Å². The van der Waals surface area contributed by atoms with Gasteiger partial charge in [0.25, 0.3) is 0 Å². The van der Waals surface area contributed by atoms with Crippen molar-refractivity contribution in [1.82, 2.24) is 20.2 Å². The first-order valence-electron chi connectivity index (χ1n) is 9.66. The van der Waals surface area contributed by atoms with Gasteiger partial charge in [-0.2, -0.15) is 0 Å². The molecule has 3 N–H and O–H groups in total. The number of aryl methyl sites for hydroxylation is 1. The Balaban J connectivity index is 0.00000392. The van der Waals surface area contributed by atoms with Crippen molar-refractivity contribution in [1.29, 1.82) is 0 Å². The maximum Gasteiger partial charge on any atom is 0.191 e. The number of hydrogen-bond donors (Lipinski definition) is 3. The lowest BCUT2D eigenvalue weighted by Crippen LogP contribution is -2.38. The lowest BCUT2D eigenvalue weighted by molar-refractivity contribution is 0.187. The molecule has 156 valence electrons. The van der Waals surface area contributed by atoms with Gasteiger partial charge >= 0.3 is 0 Å². The average molecular weight is 499 g/mol. The molecule has 7 heteroatoms. The Morgan fingerprint density at radius 2 is 1.93 bits per heavy atom. The summed E-state index contributed by atoms with van der Waals surface area (Å²) in [7, 11) is 0. The van der Waals surface area contributed by atoms with E-state index in [0.717, 1.165) is 37.6 Å². The number of aromatic nitrogens is 2. The number of hydrogen-bond acceptors (Lipinski definition) is 3. The zero-order valence-electron chi connectivity index (χ0n) is 17.4. The summed E-state index contributed by atoms with van der Waals surface area (Å²) in [4.78, 5) is 8.56. The van der Waals surface area contributed by atoms with Crippen LogP contribution >= 0.6 is 24.0 Å². The lowest BCUT2D eigenvalue weighted by atomic mass is 9.86. The van der Waals surface area contributed by atoms with E-state index in [1.165, 1.54) is 5.56 Å². The number of guanidine groups is 1. The molecule has 0 aliphatic carbocycles. The van der Waals surface area contributed by atoms with E-state index in [0.29, 0.717) is 6.54 Å². The van der Waals surface area contributed by atoms with Gasteiger partial charge in [0.1, 0.15) is 0 Å². The van der Waals surface area contributed by atoms with Crippen LogP contribution in [0.2, 0.25) is 0 Å². The van der Waals surface area contributed by atoms with Gasteiger partial charge in [-0.25, -0.2) is 4.98 Å². The van der Waals surface area contributed by atoms with Crippen LogP contribution in [0, 0.1) is 0 Å². The molecule has 0 radical (unpaired) electrons. The maximum absolute atomic E-state index is 10.5. The predicted molar refractivity (Wildman–Crippen MR) is 126 cm³/mol. The molecule has 0 aliphatic rings. The highest BCUT2D eigenvalue weighted by molar-refractivity contribution is 14.0. The highest BCUT2D eigenvalue weighted by atomic mass is 127. The molecule has 0 saturated heterocycles. The van der Waals surface area contributed by atoms with Gasteiger partial charge in [0.2, 0.25) is 0 Å². The minimum atomic E-state index is -0.611. The first-order valence-corrected chi connectivity index (χ1v) is 9.66. The van der Waals surface area contributed by atoms with Crippen molar-refractivity contribution in [2.75, 3.05) is 19.6 Å². The standard InChI is InChI=1S/C21H33N5O.HI/c1-5-23-20(24-11-6-13-26-14-12-22-16-26)25-15-19(27)17-7-9-18(10-8-17)21(2,3)4;/h7-10,12,14,16,19,27H,5-6,11,13,15H2,1-4H3,(H2,23,24,25);1H. The second-order valence-electron chi connectivity index (χ2n) is 7.69. The van der Waals surface area contributed by atoms with Crippen molar-refractivity contribution in [2.45, 2.75) is 52.2 Å². The van der Waals surface area contributed by atoms with Crippen molar-refractivity contribution in [3.8, 4) is 0 Å². The smallest absolute Gasteiger partial charge is 0.191 e. The molecule has 2 rings (SSSR count). The first kappa shape index (κ1) is 24.4. The van der Waals surface area contributed by atoms with Crippen LogP contribution in [0.5, 0.6) is 0 Å². The molecule has 0 saturated carbocycles. The van der Waals surface area contributed by atoms with Crippen LogP contribution in [0.15, 0.2) is 48.0 Å². The van der Waals surface area contributed by atoms with Gasteiger partial charge in [-0.1, -0.05) is 45.0 Å². The predicted octanol–water partition coefficient (Wildman–Crippen LogP) is 3.48. The summed E-state index contributed by atoms with van der Waals surface area (Å²) in [5.41, 5.74) is 2.26. The number of aliphatic hydroxyl groups is 1. The van der Waals surface area contributed by atoms with Crippen LogP contribution in [0.3, 0.4) is 0 Å². The zero-order chi connectivity index (χ0) is 19.7. The molecular weight excluding hydrogens is 465 g/mol. The molecule has 0 amide bonds. The van der Waals surface area contributed by atoms with Gasteiger partial charge < -0.3 is 20.3 Å². The number of aliphatic hydroxyl groups excluding tert-OH is 1. The fraction of sp³-hybridized carbons (Fsp3) is 0.524. The van der Waals surface area contributed by atoms with Crippen molar-refractivity contribution >= 4 is 29.9 Å². The largest absolute Gasteiger partial charge is 0.386 e. The van der Waals surface area contributed by atoms with Crippen LogP contribution < -0.4 is 10.6 Å². The SMILES string of the molecule is CCNC(=NCC(O)c1ccc(C(C)(C)C)cc1)NCCCn1ccnc1.I. The molecule has 0 fully saturated rings. The molecule has 28 heavy (non-hydrogen) atoms. The molecule has 1 unspecified atom stereocenters. The number of halogens is 1. The van der Waals surface area contributed by atoms with E-state index in [4.69, 9.17) is 0 Å². The van der Waals surface area contributed by atoms with Gasteiger partial charge in [0.15, 0.2) is 5.96 Å². The van der Waals surface area contributed by atoms with E-state index in [1.807, 2.05) is 31.6 Å². The van der Waals surface area contributed by atoms with E-state index in [1.54, 1.807) is 6.20 Å². The van der Waals surface area contributed by atoms with Gasteiger partial charge in [-0.15, -0.1) is 24.0 Å². The zero-order valence-corrected chi connectivity index (χ0v) is 19.7. The summed E-state index contributed by atoms with van der Waals surface area (Å²) in [6.45, 7) is 11.4. The van der Waals surface area contributed by atoms with Gasteiger partial charge in [0, 0.05) is 32.0 Å². The molecule has 1 heterocycles. The van der Waals surface area contributed by atoms with Gasteiger partial charge in [0.05, 0.1) is 19.0 Å². The minimum absolute atomic E-state index is 0. The van der Waals surface area contributed by atoms with Crippen LogP contribution in [-0.2, 0) is 12.0 Å². The fourth-order valence-electron chi connectivity index (χ4n) is 2.72. The number of nitrogens with zero attached hydrogens (tertiary/aromatic N) is 3. The summed E-state index contributed by atoms with van der Waals surface area (Å²) >= 11 is 0. The third kappa shape index (κ3) is 8.18. The normalized spacial score (nSPS) is 13.0. The Bertz CT molecular complexity index is 693. The third-order valence-electron chi connectivity index (χ3n) is 4.37. The summed E-state index contributed by atoms with van der Waals surface area (Å²) in [5.74, 6) is 0.730. The van der Waals surface area contributed by atoms with Crippen molar-refractivity contribution < 1.29 is 5.11 Å². The van der Waals surface area contributed by atoms with Crippen molar-refractivity contribution in [2.24, 2.45) is 4.99 Å². The number of imidazole rings is 1. The number of benzene rings is 1. The molecule has 1 aromatic carbocycles. The molecule has 1 aromatic heterocycles. The summed E-state index contributed by atoms with van der Waals surface area (Å²) in [6.07, 6.45) is 5.92. The molecular formula is C21H34IN5O. The Morgan fingerprint density at radius 3 is 2.50 bits per heavy atom. The monoisotopic (exact) mass is 499 g/mol. The lowest BCUT2D eigenvalue weighted by Gasteiger charge is -2.20. The van der Waals surface area contributed by atoms with Crippen molar-refractivity contribution in [3.63, 3.8) is 0 Å². The Hall–Kier alpha value is -1.61.